The molecule has 0 aromatic carbocycles. The normalized spacial score (nSPS) is 54.4. The van der Waals surface area contributed by atoms with E-state index in [1.54, 1.807) is 0 Å². The maximum absolute atomic E-state index is 14.1. The molecule has 0 unspecified atom stereocenters. The van der Waals surface area contributed by atoms with Gasteiger partial charge in [0.25, 0.3) is 0 Å². The van der Waals surface area contributed by atoms with E-state index in [-0.39, 0.29) is 71.7 Å². The fourth-order valence-corrected chi connectivity index (χ4v) is 11.6. The van der Waals surface area contributed by atoms with Crippen molar-refractivity contribution in [3.8, 4) is 0 Å². The van der Waals surface area contributed by atoms with Crippen molar-refractivity contribution < 1.29 is 38.8 Å². The standard InChI is InChI=1S/C32H42O8/c1-13-7-22-20(11-30(6)24(34)10-23(25(13)30)38-17(5)33)32(29(37)40-22)12-31-14(2)8-21-18(15(3)28(36)39-21)9-19(31)16(4)26(32)27(31)35/h13-14,18,20-27,34-35H,3,7-12H2,1-2,4-6H3/t13-,14+,18-,20+,21+,22+,23+,24+,25-,26+,27+,30-,31+,32+/m1/s1. The Morgan fingerprint density at radius 2 is 1.80 bits per heavy atom. The SMILES string of the molecule is C=C1C(=O)O[C@H]2C[C@H](C)[C@@]34C[C@@]5(C(=O)O[C@H]6C[C@@H](C)[C@@H]7[C@@H](OC(C)=O)C[C@H](O)[C@@]7(C)C[C@@H]65)[C@@H](C(C)=C3C[C@H]12)[C@@H]4O. The minimum atomic E-state index is -0.879. The third-order valence-corrected chi connectivity index (χ3v) is 13.1. The number of aliphatic hydroxyl groups is 2. The highest BCUT2D eigenvalue weighted by molar-refractivity contribution is 5.91. The van der Waals surface area contributed by atoms with Gasteiger partial charge in [-0.25, -0.2) is 4.79 Å². The van der Waals surface area contributed by atoms with E-state index in [4.69, 9.17) is 14.2 Å². The molecule has 7 rings (SSSR count). The lowest BCUT2D eigenvalue weighted by molar-refractivity contribution is -0.152. The Morgan fingerprint density at radius 1 is 1.07 bits per heavy atom. The molecule has 6 fully saturated rings. The summed E-state index contributed by atoms with van der Waals surface area (Å²) in [5.74, 6) is -1.48. The van der Waals surface area contributed by atoms with Crippen LogP contribution >= 0.6 is 0 Å². The summed E-state index contributed by atoms with van der Waals surface area (Å²) in [7, 11) is 0. The van der Waals surface area contributed by atoms with Crippen LogP contribution in [-0.2, 0) is 28.6 Å². The van der Waals surface area contributed by atoms with Crippen LogP contribution < -0.4 is 0 Å². The lowest BCUT2D eigenvalue weighted by Crippen LogP contribution is -2.46. The van der Waals surface area contributed by atoms with Gasteiger partial charge in [-0.15, -0.1) is 0 Å². The van der Waals surface area contributed by atoms with Gasteiger partial charge in [0.2, 0.25) is 0 Å². The minimum absolute atomic E-state index is 0.00386. The minimum Gasteiger partial charge on any atom is -0.462 e. The second kappa shape index (κ2) is 8.21. The molecule has 2 N–H and O–H groups in total. The van der Waals surface area contributed by atoms with Gasteiger partial charge in [0.15, 0.2) is 0 Å². The van der Waals surface area contributed by atoms with E-state index in [2.05, 4.69) is 34.3 Å². The van der Waals surface area contributed by atoms with Crippen LogP contribution in [0.3, 0.4) is 0 Å². The molecule has 14 atom stereocenters. The summed E-state index contributed by atoms with van der Waals surface area (Å²) in [6, 6.07) is 0. The van der Waals surface area contributed by atoms with Crippen molar-refractivity contribution in [2.45, 2.75) is 104 Å². The number of hydrogen-bond acceptors (Lipinski definition) is 8. The van der Waals surface area contributed by atoms with Crippen molar-refractivity contribution in [3.05, 3.63) is 23.3 Å². The summed E-state index contributed by atoms with van der Waals surface area (Å²) >= 11 is 0. The Bertz CT molecular complexity index is 1250. The molecule has 2 aliphatic heterocycles. The lowest BCUT2D eigenvalue weighted by Gasteiger charge is -2.45. The number of carbonyl (C=O) groups excluding carboxylic acids is 3. The molecule has 40 heavy (non-hydrogen) atoms. The predicted molar refractivity (Wildman–Crippen MR) is 142 cm³/mol. The van der Waals surface area contributed by atoms with E-state index in [1.807, 2.05) is 0 Å². The van der Waals surface area contributed by atoms with Gasteiger partial charge in [0.1, 0.15) is 18.3 Å². The third-order valence-electron chi connectivity index (χ3n) is 13.1. The molecular formula is C32H42O8. The van der Waals surface area contributed by atoms with Gasteiger partial charge in [-0.3, -0.25) is 9.59 Å². The summed E-state index contributed by atoms with van der Waals surface area (Å²) in [4.78, 5) is 38.4. The molecule has 0 aromatic heterocycles. The van der Waals surface area contributed by atoms with Gasteiger partial charge in [-0.2, -0.15) is 0 Å². The Hall–Kier alpha value is -2.19. The van der Waals surface area contributed by atoms with Gasteiger partial charge in [0.05, 0.1) is 17.6 Å². The fourth-order valence-electron chi connectivity index (χ4n) is 11.6. The highest BCUT2D eigenvalue weighted by atomic mass is 16.6. The molecule has 0 amide bonds. The number of esters is 3. The van der Waals surface area contributed by atoms with Gasteiger partial charge in [-0.1, -0.05) is 38.5 Å². The van der Waals surface area contributed by atoms with Crippen molar-refractivity contribution in [1.82, 2.24) is 0 Å². The van der Waals surface area contributed by atoms with Crippen molar-refractivity contribution in [2.24, 2.45) is 51.8 Å². The van der Waals surface area contributed by atoms with Crippen molar-refractivity contribution in [1.29, 1.82) is 0 Å². The molecule has 218 valence electrons. The predicted octanol–water partition coefficient (Wildman–Crippen LogP) is 3.49. The molecule has 7 aliphatic rings. The highest BCUT2D eigenvalue weighted by Crippen LogP contribution is 2.76. The van der Waals surface area contributed by atoms with E-state index < -0.39 is 28.5 Å². The molecular weight excluding hydrogens is 512 g/mol. The largest absolute Gasteiger partial charge is 0.462 e. The summed E-state index contributed by atoms with van der Waals surface area (Å²) in [5.41, 5.74) is 0.717. The fraction of sp³-hybridized carbons (Fsp3) is 0.781. The number of carbonyl (C=O) groups is 3. The first-order valence-electron chi connectivity index (χ1n) is 15.1. The van der Waals surface area contributed by atoms with Gasteiger partial charge in [0, 0.05) is 53.4 Å². The van der Waals surface area contributed by atoms with Crippen LogP contribution in [0.25, 0.3) is 0 Å². The zero-order valence-electron chi connectivity index (χ0n) is 24.1. The van der Waals surface area contributed by atoms with E-state index >= 15 is 0 Å². The molecule has 4 saturated carbocycles. The monoisotopic (exact) mass is 554 g/mol. The van der Waals surface area contributed by atoms with E-state index in [0.717, 1.165) is 5.57 Å². The summed E-state index contributed by atoms with van der Waals surface area (Å²) in [6.45, 7) is 13.9. The van der Waals surface area contributed by atoms with Crippen molar-refractivity contribution in [2.75, 3.05) is 0 Å². The molecule has 5 aliphatic carbocycles. The average Bonchev–Trinajstić information content (AvgIpc) is 3.46. The first-order chi connectivity index (χ1) is 18.8. The molecule has 2 spiro atoms. The average molecular weight is 555 g/mol. The summed E-state index contributed by atoms with van der Waals surface area (Å²) in [5, 5.41) is 23.6. The Kier molecular flexibility index (Phi) is 5.48. The Balaban J connectivity index is 1.31. The highest BCUT2D eigenvalue weighted by Gasteiger charge is 2.78. The van der Waals surface area contributed by atoms with Crippen LogP contribution in [0.1, 0.15) is 73.1 Å². The van der Waals surface area contributed by atoms with E-state index in [0.29, 0.717) is 44.1 Å². The maximum Gasteiger partial charge on any atom is 0.334 e. The Labute approximate surface area is 235 Å². The lowest BCUT2D eigenvalue weighted by atomic mass is 9.56. The Morgan fingerprint density at radius 3 is 2.50 bits per heavy atom. The van der Waals surface area contributed by atoms with Crippen LogP contribution in [0.4, 0.5) is 0 Å². The van der Waals surface area contributed by atoms with Crippen LogP contribution in [-0.4, -0.2) is 58.6 Å². The van der Waals surface area contributed by atoms with Crippen LogP contribution in [0.5, 0.6) is 0 Å². The molecule has 0 radical (unpaired) electrons. The summed E-state index contributed by atoms with van der Waals surface area (Å²) in [6.07, 6.45) is 1.04. The zero-order valence-corrected chi connectivity index (χ0v) is 24.1. The van der Waals surface area contributed by atoms with E-state index in [1.165, 1.54) is 12.5 Å². The molecule has 0 aromatic rings. The van der Waals surface area contributed by atoms with E-state index in [9.17, 15) is 24.6 Å². The number of ether oxygens (including phenoxy) is 3. The number of aliphatic hydroxyl groups excluding tert-OH is 2. The molecule has 2 heterocycles. The van der Waals surface area contributed by atoms with Crippen molar-refractivity contribution >= 4 is 17.9 Å². The first kappa shape index (κ1) is 26.7. The number of hydrogen-bond donors (Lipinski definition) is 2. The zero-order chi connectivity index (χ0) is 28.7. The smallest absolute Gasteiger partial charge is 0.334 e. The van der Waals surface area contributed by atoms with Crippen LogP contribution in [0.2, 0.25) is 0 Å². The third kappa shape index (κ3) is 2.97. The molecule has 8 nitrogen and oxygen atoms in total. The first-order valence-corrected chi connectivity index (χ1v) is 15.1. The van der Waals surface area contributed by atoms with Gasteiger partial charge < -0.3 is 24.4 Å². The summed E-state index contributed by atoms with van der Waals surface area (Å²) < 4.78 is 17.7. The topological polar surface area (TPSA) is 119 Å². The second-order valence-electron chi connectivity index (χ2n) is 14.7. The van der Waals surface area contributed by atoms with Crippen molar-refractivity contribution in [3.63, 3.8) is 0 Å². The quantitative estimate of drug-likeness (QED) is 0.219. The number of fused-ring (bicyclic) bond motifs is 6. The second-order valence-corrected chi connectivity index (χ2v) is 14.7. The van der Waals surface area contributed by atoms with Gasteiger partial charge in [-0.05, 0) is 50.9 Å². The molecule has 2 bridgehead atoms. The molecule has 8 heteroatoms. The molecule has 2 saturated heterocycles. The van der Waals surface area contributed by atoms with Crippen LogP contribution in [0, 0.1) is 51.8 Å². The van der Waals surface area contributed by atoms with Gasteiger partial charge >= 0.3 is 17.9 Å². The number of rotatable bonds is 1. The van der Waals surface area contributed by atoms with Crippen LogP contribution in [0.15, 0.2) is 23.3 Å². The maximum atomic E-state index is 14.1.